The summed E-state index contributed by atoms with van der Waals surface area (Å²) in [5, 5.41) is 3.57. The zero-order chi connectivity index (χ0) is 14.5. The lowest BCUT2D eigenvalue weighted by Crippen LogP contribution is -2.46. The van der Waals surface area contributed by atoms with Crippen molar-refractivity contribution in [2.45, 2.75) is 32.2 Å². The molecule has 2 amide bonds. The highest BCUT2D eigenvalue weighted by Gasteiger charge is 2.23. The lowest BCUT2D eigenvalue weighted by atomic mass is 10.0. The normalized spacial score (nSPS) is 16.1. The number of hydrogen-bond donors (Lipinski definition) is 1. The number of nitrogens with zero attached hydrogens (tertiary/aromatic N) is 2. The van der Waals surface area contributed by atoms with Crippen LogP contribution in [-0.4, -0.2) is 49.1 Å². The summed E-state index contributed by atoms with van der Waals surface area (Å²) in [7, 11) is 3.61. The van der Waals surface area contributed by atoms with Crippen molar-refractivity contribution in [3.63, 3.8) is 0 Å². The van der Waals surface area contributed by atoms with Crippen LogP contribution < -0.4 is 5.32 Å². The molecule has 1 aromatic rings. The van der Waals surface area contributed by atoms with Gasteiger partial charge in [0, 0.05) is 38.9 Å². The number of amides is 2. The molecule has 4 heteroatoms. The van der Waals surface area contributed by atoms with Crippen LogP contribution in [0.2, 0.25) is 0 Å². The minimum Gasteiger partial charge on any atom is -0.382 e. The second-order valence-corrected chi connectivity index (χ2v) is 5.63. The number of rotatable bonds is 3. The average Bonchev–Trinajstić information content (AvgIpc) is 2.48. The Labute approximate surface area is 121 Å². The fraction of sp³-hybridized carbons (Fsp3) is 0.562. The average molecular weight is 275 g/mol. The molecule has 0 aliphatic carbocycles. The molecule has 1 aliphatic rings. The van der Waals surface area contributed by atoms with Gasteiger partial charge in [0.15, 0.2) is 0 Å². The van der Waals surface area contributed by atoms with Crippen molar-refractivity contribution in [3.05, 3.63) is 29.8 Å². The molecule has 1 aromatic carbocycles. The second kappa shape index (κ2) is 6.64. The van der Waals surface area contributed by atoms with Gasteiger partial charge in [-0.2, -0.15) is 0 Å². The van der Waals surface area contributed by atoms with Gasteiger partial charge in [-0.05, 0) is 37.0 Å². The molecular weight excluding hydrogens is 250 g/mol. The quantitative estimate of drug-likeness (QED) is 0.920. The molecular formula is C16H25N3O. The van der Waals surface area contributed by atoms with Crippen molar-refractivity contribution in [2.24, 2.45) is 0 Å². The van der Waals surface area contributed by atoms with Crippen LogP contribution in [0.5, 0.6) is 0 Å². The molecule has 0 atom stereocenters. The SMILES string of the molecule is CCc1ccc(NC2CCN(C(=O)N(C)C)CC2)cc1. The van der Waals surface area contributed by atoms with E-state index in [1.807, 2.05) is 19.0 Å². The number of nitrogens with one attached hydrogen (secondary N) is 1. The Hall–Kier alpha value is -1.71. The van der Waals surface area contributed by atoms with E-state index in [4.69, 9.17) is 0 Å². The molecule has 0 bridgehead atoms. The van der Waals surface area contributed by atoms with Crippen LogP contribution in [0.3, 0.4) is 0 Å². The van der Waals surface area contributed by atoms with Gasteiger partial charge >= 0.3 is 6.03 Å². The molecule has 1 N–H and O–H groups in total. The van der Waals surface area contributed by atoms with Gasteiger partial charge in [0.25, 0.3) is 0 Å². The van der Waals surface area contributed by atoms with Crippen LogP contribution in [0.25, 0.3) is 0 Å². The first kappa shape index (κ1) is 14.7. The maximum atomic E-state index is 11.9. The van der Waals surface area contributed by atoms with Gasteiger partial charge < -0.3 is 15.1 Å². The topological polar surface area (TPSA) is 35.6 Å². The fourth-order valence-electron chi connectivity index (χ4n) is 2.57. The van der Waals surface area contributed by atoms with Gasteiger partial charge in [0.05, 0.1) is 0 Å². The highest BCUT2D eigenvalue weighted by molar-refractivity contribution is 5.73. The molecule has 0 saturated carbocycles. The van der Waals surface area contributed by atoms with Gasteiger partial charge in [0.1, 0.15) is 0 Å². The van der Waals surface area contributed by atoms with E-state index >= 15 is 0 Å². The van der Waals surface area contributed by atoms with Gasteiger partial charge in [-0.1, -0.05) is 19.1 Å². The van der Waals surface area contributed by atoms with E-state index in [-0.39, 0.29) is 6.03 Å². The smallest absolute Gasteiger partial charge is 0.319 e. The molecule has 1 heterocycles. The van der Waals surface area contributed by atoms with Crippen LogP contribution in [-0.2, 0) is 6.42 Å². The number of hydrogen-bond acceptors (Lipinski definition) is 2. The Balaban J connectivity index is 1.83. The molecule has 20 heavy (non-hydrogen) atoms. The van der Waals surface area contributed by atoms with E-state index in [0.717, 1.165) is 32.4 Å². The molecule has 0 spiro atoms. The van der Waals surface area contributed by atoms with Crippen molar-refractivity contribution < 1.29 is 4.79 Å². The minimum atomic E-state index is 0.121. The second-order valence-electron chi connectivity index (χ2n) is 5.63. The molecule has 1 aliphatic heterocycles. The highest BCUT2D eigenvalue weighted by atomic mass is 16.2. The Bertz CT molecular complexity index is 434. The number of likely N-dealkylation sites (tertiary alicyclic amines) is 1. The van der Waals surface area contributed by atoms with Gasteiger partial charge in [-0.3, -0.25) is 0 Å². The van der Waals surface area contributed by atoms with E-state index in [0.29, 0.717) is 6.04 Å². The third-order valence-corrected chi connectivity index (χ3v) is 3.88. The highest BCUT2D eigenvalue weighted by Crippen LogP contribution is 2.18. The Kier molecular flexibility index (Phi) is 4.88. The molecule has 0 unspecified atom stereocenters. The van der Waals surface area contributed by atoms with E-state index in [1.54, 1.807) is 4.90 Å². The molecule has 4 nitrogen and oxygen atoms in total. The summed E-state index contributed by atoms with van der Waals surface area (Å²) in [6.07, 6.45) is 3.09. The van der Waals surface area contributed by atoms with Crippen LogP contribution in [0.4, 0.5) is 10.5 Å². The molecule has 0 aromatic heterocycles. The number of aryl methyl sites for hydroxylation is 1. The predicted octanol–water partition coefficient (Wildman–Crippen LogP) is 2.81. The zero-order valence-corrected chi connectivity index (χ0v) is 12.7. The van der Waals surface area contributed by atoms with Crippen LogP contribution in [0, 0.1) is 0 Å². The van der Waals surface area contributed by atoms with Crippen molar-refractivity contribution >= 4 is 11.7 Å². The van der Waals surface area contributed by atoms with E-state index in [9.17, 15) is 4.79 Å². The minimum absolute atomic E-state index is 0.121. The van der Waals surface area contributed by atoms with Crippen molar-refractivity contribution in [3.8, 4) is 0 Å². The molecule has 1 saturated heterocycles. The summed E-state index contributed by atoms with van der Waals surface area (Å²) < 4.78 is 0. The number of carbonyl (C=O) groups is 1. The third kappa shape index (κ3) is 3.65. The Morgan fingerprint density at radius 3 is 2.35 bits per heavy atom. The van der Waals surface area contributed by atoms with E-state index in [2.05, 4.69) is 36.5 Å². The summed E-state index contributed by atoms with van der Waals surface area (Å²) in [6, 6.07) is 9.23. The number of piperidine rings is 1. The largest absolute Gasteiger partial charge is 0.382 e. The summed E-state index contributed by atoms with van der Waals surface area (Å²) in [4.78, 5) is 15.4. The summed E-state index contributed by atoms with van der Waals surface area (Å²) >= 11 is 0. The molecule has 0 radical (unpaired) electrons. The predicted molar refractivity (Wildman–Crippen MR) is 83.1 cm³/mol. The van der Waals surface area contributed by atoms with Gasteiger partial charge in [-0.15, -0.1) is 0 Å². The summed E-state index contributed by atoms with van der Waals surface area (Å²) in [6.45, 7) is 3.84. The van der Waals surface area contributed by atoms with Gasteiger partial charge in [0.2, 0.25) is 0 Å². The molecule has 1 fully saturated rings. The summed E-state index contributed by atoms with van der Waals surface area (Å²) in [5.41, 5.74) is 2.54. The number of benzene rings is 1. The van der Waals surface area contributed by atoms with E-state index in [1.165, 1.54) is 11.3 Å². The third-order valence-electron chi connectivity index (χ3n) is 3.88. The van der Waals surface area contributed by atoms with Crippen molar-refractivity contribution in [1.82, 2.24) is 9.80 Å². The number of anilines is 1. The number of carbonyl (C=O) groups excluding carboxylic acids is 1. The first-order valence-electron chi connectivity index (χ1n) is 7.42. The van der Waals surface area contributed by atoms with Crippen molar-refractivity contribution in [1.29, 1.82) is 0 Å². The fourth-order valence-corrected chi connectivity index (χ4v) is 2.57. The standard InChI is InChI=1S/C16H25N3O/c1-4-13-5-7-14(8-6-13)17-15-9-11-19(12-10-15)16(20)18(2)3/h5-8,15,17H,4,9-12H2,1-3H3. The maximum absolute atomic E-state index is 11.9. The zero-order valence-electron chi connectivity index (χ0n) is 12.7. The van der Waals surface area contributed by atoms with Crippen LogP contribution in [0.15, 0.2) is 24.3 Å². The lowest BCUT2D eigenvalue weighted by Gasteiger charge is -2.34. The van der Waals surface area contributed by atoms with Crippen LogP contribution in [0.1, 0.15) is 25.3 Å². The molecule has 2 rings (SSSR count). The van der Waals surface area contributed by atoms with Gasteiger partial charge in [-0.25, -0.2) is 4.79 Å². The molecule has 110 valence electrons. The summed E-state index contributed by atoms with van der Waals surface area (Å²) in [5.74, 6) is 0. The lowest BCUT2D eigenvalue weighted by molar-refractivity contribution is 0.158. The van der Waals surface area contributed by atoms with Crippen molar-refractivity contribution in [2.75, 3.05) is 32.5 Å². The monoisotopic (exact) mass is 275 g/mol. The number of urea groups is 1. The van der Waals surface area contributed by atoms with E-state index < -0.39 is 0 Å². The Morgan fingerprint density at radius 1 is 1.25 bits per heavy atom. The maximum Gasteiger partial charge on any atom is 0.319 e. The first-order chi connectivity index (χ1) is 9.60. The Morgan fingerprint density at radius 2 is 1.85 bits per heavy atom. The van der Waals surface area contributed by atoms with Crippen LogP contribution >= 0.6 is 0 Å². The first-order valence-corrected chi connectivity index (χ1v) is 7.42.